The van der Waals surface area contributed by atoms with Crippen molar-refractivity contribution in [2.24, 2.45) is 11.7 Å². The first-order valence-electron chi connectivity index (χ1n) is 10.6. The van der Waals surface area contributed by atoms with Crippen LogP contribution in [0.5, 0.6) is 0 Å². The Morgan fingerprint density at radius 1 is 0.818 bits per heavy atom. The van der Waals surface area contributed by atoms with Crippen LogP contribution >= 0.6 is 23.5 Å². The summed E-state index contributed by atoms with van der Waals surface area (Å²) in [6.45, 7) is 3.69. The van der Waals surface area contributed by atoms with E-state index in [0.29, 0.717) is 17.9 Å². The number of carbonyl (C=O) groups is 5. The molecule has 11 nitrogen and oxygen atoms in total. The molecule has 0 rings (SSSR count). The van der Waals surface area contributed by atoms with Crippen LogP contribution in [0.15, 0.2) is 0 Å². The zero-order chi connectivity index (χ0) is 25.6. The Kier molecular flexibility index (Phi) is 15.6. The molecule has 7 N–H and O–H groups in total. The number of amides is 3. The van der Waals surface area contributed by atoms with E-state index >= 15 is 0 Å². The Balaban J connectivity index is 5.47. The molecule has 0 aliphatic rings. The van der Waals surface area contributed by atoms with Gasteiger partial charge in [-0.3, -0.25) is 19.2 Å². The van der Waals surface area contributed by atoms with Gasteiger partial charge in [0.2, 0.25) is 17.7 Å². The minimum Gasteiger partial charge on any atom is -0.481 e. The lowest BCUT2D eigenvalue weighted by Gasteiger charge is -2.25. The third-order valence-corrected chi connectivity index (χ3v) is 6.33. The van der Waals surface area contributed by atoms with Crippen molar-refractivity contribution in [3.63, 3.8) is 0 Å². The van der Waals surface area contributed by atoms with E-state index < -0.39 is 60.2 Å². The predicted molar refractivity (Wildman–Crippen MR) is 129 cm³/mol. The molecule has 3 amide bonds. The highest BCUT2D eigenvalue weighted by Gasteiger charge is 2.31. The minimum atomic E-state index is -1.51. The molecule has 0 saturated heterocycles. The maximum Gasteiger partial charge on any atom is 0.326 e. The molecule has 0 aromatic rings. The van der Waals surface area contributed by atoms with Crippen LogP contribution in [0.1, 0.15) is 39.5 Å². The van der Waals surface area contributed by atoms with Crippen LogP contribution in [0, 0.1) is 5.92 Å². The van der Waals surface area contributed by atoms with Gasteiger partial charge < -0.3 is 31.9 Å². The first-order chi connectivity index (χ1) is 15.5. The molecular formula is C20H36N4O7S2. The molecular weight excluding hydrogens is 472 g/mol. The summed E-state index contributed by atoms with van der Waals surface area (Å²) in [4.78, 5) is 60.6. The second-order valence-corrected chi connectivity index (χ2v) is 9.57. The largest absolute Gasteiger partial charge is 0.481 e. The van der Waals surface area contributed by atoms with Crippen LogP contribution < -0.4 is 21.7 Å². The topological polar surface area (TPSA) is 188 Å². The van der Waals surface area contributed by atoms with Gasteiger partial charge in [0.25, 0.3) is 0 Å². The van der Waals surface area contributed by atoms with Crippen LogP contribution in [-0.2, 0) is 24.0 Å². The van der Waals surface area contributed by atoms with Crippen LogP contribution in [0.3, 0.4) is 0 Å². The lowest BCUT2D eigenvalue weighted by Crippen LogP contribution is -2.58. The van der Waals surface area contributed by atoms with Gasteiger partial charge in [-0.1, -0.05) is 20.3 Å². The maximum atomic E-state index is 12.9. The van der Waals surface area contributed by atoms with E-state index in [0.717, 1.165) is 0 Å². The van der Waals surface area contributed by atoms with Gasteiger partial charge in [0.15, 0.2) is 0 Å². The number of carboxylic acid groups (broad SMARTS) is 2. The zero-order valence-electron chi connectivity index (χ0n) is 19.5. The van der Waals surface area contributed by atoms with Crippen molar-refractivity contribution in [2.45, 2.75) is 63.7 Å². The van der Waals surface area contributed by atoms with E-state index in [1.807, 2.05) is 20.1 Å². The van der Waals surface area contributed by atoms with Crippen LogP contribution in [0.25, 0.3) is 0 Å². The second kappa shape index (κ2) is 16.6. The molecule has 5 unspecified atom stereocenters. The highest BCUT2D eigenvalue weighted by molar-refractivity contribution is 7.98. The summed E-state index contributed by atoms with van der Waals surface area (Å²) < 4.78 is 0. The number of aliphatic carboxylic acids is 2. The first kappa shape index (κ1) is 31.0. The van der Waals surface area contributed by atoms with E-state index in [1.54, 1.807) is 6.26 Å². The summed E-state index contributed by atoms with van der Waals surface area (Å²) in [5.41, 5.74) is 5.94. The first-order valence-corrected chi connectivity index (χ1v) is 13.4. The lowest BCUT2D eigenvalue weighted by molar-refractivity contribution is -0.143. The number of hydrogen-bond donors (Lipinski definition) is 6. The number of carboxylic acids is 2. The van der Waals surface area contributed by atoms with E-state index in [1.165, 1.54) is 23.5 Å². The predicted octanol–water partition coefficient (Wildman–Crippen LogP) is -0.120. The summed E-state index contributed by atoms with van der Waals surface area (Å²) in [7, 11) is 0. The van der Waals surface area contributed by atoms with Crippen molar-refractivity contribution in [1.29, 1.82) is 0 Å². The van der Waals surface area contributed by atoms with Crippen molar-refractivity contribution >= 4 is 53.2 Å². The molecule has 190 valence electrons. The average Bonchev–Trinajstić information content (AvgIpc) is 2.76. The normalized spacial score (nSPS) is 15.4. The summed E-state index contributed by atoms with van der Waals surface area (Å²) in [5, 5.41) is 25.7. The van der Waals surface area contributed by atoms with Crippen molar-refractivity contribution in [3.8, 4) is 0 Å². The Hall–Kier alpha value is -1.99. The SMILES string of the molecule is CCC(C)C(N)C(=O)NC(CCSC)C(=O)NC(CC(=O)O)C(=O)NC(CCSC)C(=O)O. The molecule has 0 saturated carbocycles. The fraction of sp³-hybridized carbons (Fsp3) is 0.750. The molecule has 0 heterocycles. The fourth-order valence-corrected chi connectivity index (χ4v) is 3.65. The third kappa shape index (κ3) is 12.2. The van der Waals surface area contributed by atoms with E-state index in [2.05, 4.69) is 16.0 Å². The number of hydrogen-bond acceptors (Lipinski definition) is 8. The molecule has 0 radical (unpaired) electrons. The van der Waals surface area contributed by atoms with Gasteiger partial charge in [0, 0.05) is 0 Å². The number of thioether (sulfide) groups is 2. The standard InChI is InChI=1S/C20H36N4O7S2/c1-5-11(2)16(21)19(29)22-12(6-8-32-3)17(27)24-14(10-15(25)26)18(28)23-13(20(30)31)7-9-33-4/h11-14,16H,5-10,21H2,1-4H3,(H,22,29)(H,23,28)(H,24,27)(H,25,26)(H,30,31). The van der Waals surface area contributed by atoms with Crippen molar-refractivity contribution in [1.82, 2.24) is 16.0 Å². The maximum absolute atomic E-state index is 12.9. The number of rotatable bonds is 17. The van der Waals surface area contributed by atoms with Gasteiger partial charge in [-0.25, -0.2) is 4.79 Å². The molecule has 0 aromatic carbocycles. The molecule has 0 bridgehead atoms. The smallest absolute Gasteiger partial charge is 0.326 e. The van der Waals surface area contributed by atoms with Gasteiger partial charge in [0.05, 0.1) is 12.5 Å². The molecule has 13 heteroatoms. The quantitative estimate of drug-likeness (QED) is 0.154. The van der Waals surface area contributed by atoms with Gasteiger partial charge >= 0.3 is 11.9 Å². The van der Waals surface area contributed by atoms with Gasteiger partial charge in [0.1, 0.15) is 18.1 Å². The van der Waals surface area contributed by atoms with E-state index in [9.17, 15) is 34.2 Å². The Morgan fingerprint density at radius 3 is 1.73 bits per heavy atom. The third-order valence-electron chi connectivity index (χ3n) is 5.04. The molecule has 0 aliphatic heterocycles. The van der Waals surface area contributed by atoms with E-state index in [-0.39, 0.29) is 18.8 Å². The molecule has 0 aromatic heterocycles. The Morgan fingerprint density at radius 2 is 1.27 bits per heavy atom. The van der Waals surface area contributed by atoms with Gasteiger partial charge in [-0.15, -0.1) is 0 Å². The molecule has 0 spiro atoms. The number of carbonyl (C=O) groups excluding carboxylic acids is 3. The van der Waals surface area contributed by atoms with Crippen LogP contribution in [0.2, 0.25) is 0 Å². The van der Waals surface area contributed by atoms with Crippen LogP contribution in [0.4, 0.5) is 0 Å². The van der Waals surface area contributed by atoms with Gasteiger partial charge in [-0.2, -0.15) is 23.5 Å². The Labute approximate surface area is 202 Å². The molecule has 33 heavy (non-hydrogen) atoms. The van der Waals surface area contributed by atoms with Crippen molar-refractivity contribution < 1.29 is 34.2 Å². The summed E-state index contributed by atoms with van der Waals surface area (Å²) >= 11 is 2.84. The highest BCUT2D eigenvalue weighted by atomic mass is 32.2. The fourth-order valence-electron chi connectivity index (χ4n) is 2.71. The minimum absolute atomic E-state index is 0.117. The average molecular weight is 509 g/mol. The molecule has 5 atom stereocenters. The second-order valence-electron chi connectivity index (χ2n) is 7.59. The van der Waals surface area contributed by atoms with Crippen molar-refractivity contribution in [3.05, 3.63) is 0 Å². The number of nitrogens with one attached hydrogen (secondary N) is 3. The monoisotopic (exact) mass is 508 g/mol. The molecule has 0 fully saturated rings. The van der Waals surface area contributed by atoms with Crippen molar-refractivity contribution in [2.75, 3.05) is 24.0 Å². The molecule has 0 aliphatic carbocycles. The zero-order valence-corrected chi connectivity index (χ0v) is 21.1. The van der Waals surface area contributed by atoms with Crippen LogP contribution in [-0.4, -0.2) is 88.1 Å². The van der Waals surface area contributed by atoms with Gasteiger partial charge in [-0.05, 0) is 42.8 Å². The Bertz CT molecular complexity index is 681. The number of nitrogens with two attached hydrogens (primary N) is 1. The summed E-state index contributed by atoms with van der Waals surface area (Å²) in [6.07, 6.45) is 3.89. The highest BCUT2D eigenvalue weighted by Crippen LogP contribution is 2.08. The lowest BCUT2D eigenvalue weighted by atomic mass is 9.99. The van der Waals surface area contributed by atoms with E-state index in [4.69, 9.17) is 5.73 Å². The summed E-state index contributed by atoms with van der Waals surface area (Å²) in [6, 6.07) is -4.59. The summed E-state index contributed by atoms with van der Waals surface area (Å²) in [5.74, 6) is -3.94.